The number of hydrogen-bond acceptors (Lipinski definition) is 3. The SMILES string of the molecule is CN(C)C(=O)Oc1c2c(nn1-c1cccc(Cl)c1)CCc1ccccc1-2. The molecular formula is C20H18ClN3O2. The summed E-state index contributed by atoms with van der Waals surface area (Å²) in [5.41, 5.74) is 4.84. The van der Waals surface area contributed by atoms with Gasteiger partial charge in [-0.15, -0.1) is 0 Å². The van der Waals surface area contributed by atoms with Crippen molar-refractivity contribution in [2.75, 3.05) is 14.1 Å². The standard InChI is InChI=1S/C20H18ClN3O2/c1-23(2)20(25)26-19-18-16-9-4-3-6-13(16)10-11-17(18)22-24(19)15-8-5-7-14(21)12-15/h3-9,12H,10-11H2,1-2H3. The highest BCUT2D eigenvalue weighted by Gasteiger charge is 2.28. The average molecular weight is 368 g/mol. The van der Waals surface area contributed by atoms with Crippen LogP contribution in [0, 0.1) is 0 Å². The van der Waals surface area contributed by atoms with E-state index in [1.807, 2.05) is 30.3 Å². The van der Waals surface area contributed by atoms with Gasteiger partial charge in [-0.2, -0.15) is 9.78 Å². The molecule has 0 N–H and O–H groups in total. The molecule has 4 rings (SSSR count). The Kier molecular flexibility index (Phi) is 4.17. The first-order chi connectivity index (χ1) is 12.5. The van der Waals surface area contributed by atoms with Crippen molar-refractivity contribution in [3.05, 3.63) is 64.8 Å². The number of hydrogen-bond donors (Lipinski definition) is 0. The lowest BCUT2D eigenvalue weighted by atomic mass is 9.90. The van der Waals surface area contributed by atoms with Crippen molar-refractivity contribution in [3.63, 3.8) is 0 Å². The van der Waals surface area contributed by atoms with Gasteiger partial charge in [0.1, 0.15) is 0 Å². The fraction of sp³-hybridized carbons (Fsp3) is 0.200. The number of fused-ring (bicyclic) bond motifs is 3. The van der Waals surface area contributed by atoms with Crippen LogP contribution in [0.15, 0.2) is 48.5 Å². The van der Waals surface area contributed by atoms with Gasteiger partial charge in [-0.1, -0.05) is 41.9 Å². The number of carbonyl (C=O) groups excluding carboxylic acids is 1. The predicted molar refractivity (Wildman–Crippen MR) is 101 cm³/mol. The maximum absolute atomic E-state index is 12.3. The molecule has 26 heavy (non-hydrogen) atoms. The van der Waals surface area contributed by atoms with Crippen LogP contribution in [-0.2, 0) is 12.8 Å². The zero-order valence-corrected chi connectivity index (χ0v) is 15.3. The largest absolute Gasteiger partial charge is 0.416 e. The number of benzene rings is 2. The van der Waals surface area contributed by atoms with E-state index in [1.165, 1.54) is 10.5 Å². The Morgan fingerprint density at radius 3 is 2.73 bits per heavy atom. The molecule has 1 aromatic heterocycles. The molecule has 0 bridgehead atoms. The molecule has 3 aromatic rings. The zero-order valence-electron chi connectivity index (χ0n) is 14.6. The van der Waals surface area contributed by atoms with Gasteiger partial charge >= 0.3 is 6.09 Å². The van der Waals surface area contributed by atoms with Crippen LogP contribution in [0.25, 0.3) is 16.8 Å². The van der Waals surface area contributed by atoms with Gasteiger partial charge in [0.15, 0.2) is 0 Å². The molecule has 0 saturated heterocycles. The summed E-state index contributed by atoms with van der Waals surface area (Å²) in [6.45, 7) is 0. The van der Waals surface area contributed by atoms with E-state index in [2.05, 4.69) is 6.07 Å². The van der Waals surface area contributed by atoms with Crippen molar-refractivity contribution in [1.82, 2.24) is 14.7 Å². The molecule has 0 aliphatic heterocycles. The molecule has 6 heteroatoms. The Bertz CT molecular complexity index is 994. The number of aryl methyl sites for hydroxylation is 2. The summed E-state index contributed by atoms with van der Waals surface area (Å²) in [7, 11) is 3.31. The lowest BCUT2D eigenvalue weighted by Crippen LogP contribution is -2.26. The topological polar surface area (TPSA) is 47.4 Å². The monoisotopic (exact) mass is 367 g/mol. The first kappa shape index (κ1) is 16.7. The van der Waals surface area contributed by atoms with Crippen LogP contribution in [0.2, 0.25) is 5.02 Å². The molecule has 1 amide bonds. The van der Waals surface area contributed by atoms with E-state index >= 15 is 0 Å². The summed E-state index contributed by atoms with van der Waals surface area (Å²) in [4.78, 5) is 13.7. The first-order valence-corrected chi connectivity index (χ1v) is 8.77. The van der Waals surface area contributed by atoms with E-state index in [0.29, 0.717) is 10.9 Å². The summed E-state index contributed by atoms with van der Waals surface area (Å²) >= 11 is 6.15. The minimum atomic E-state index is -0.445. The molecule has 0 atom stereocenters. The van der Waals surface area contributed by atoms with Crippen molar-refractivity contribution < 1.29 is 9.53 Å². The van der Waals surface area contributed by atoms with Crippen molar-refractivity contribution in [3.8, 4) is 22.7 Å². The van der Waals surface area contributed by atoms with Gasteiger partial charge in [0, 0.05) is 19.1 Å². The van der Waals surface area contributed by atoms with E-state index in [4.69, 9.17) is 21.4 Å². The molecular weight excluding hydrogens is 350 g/mol. The third-order valence-electron chi connectivity index (χ3n) is 4.44. The summed E-state index contributed by atoms with van der Waals surface area (Å²) in [6.07, 6.45) is 1.27. The normalized spacial score (nSPS) is 12.3. The van der Waals surface area contributed by atoms with E-state index in [9.17, 15) is 4.79 Å². The Hall–Kier alpha value is -2.79. The molecule has 0 unspecified atom stereocenters. The van der Waals surface area contributed by atoms with E-state index in [0.717, 1.165) is 35.3 Å². The van der Waals surface area contributed by atoms with Crippen LogP contribution in [0.3, 0.4) is 0 Å². The maximum Gasteiger partial charge on any atom is 0.416 e. The van der Waals surface area contributed by atoms with E-state index in [1.54, 1.807) is 30.9 Å². The van der Waals surface area contributed by atoms with E-state index < -0.39 is 6.09 Å². The van der Waals surface area contributed by atoms with Crippen LogP contribution in [0.4, 0.5) is 4.79 Å². The molecule has 132 valence electrons. The summed E-state index contributed by atoms with van der Waals surface area (Å²) in [5, 5.41) is 5.33. The second kappa shape index (κ2) is 6.50. The minimum Gasteiger partial charge on any atom is -0.390 e. The maximum atomic E-state index is 12.3. The Morgan fingerprint density at radius 1 is 1.15 bits per heavy atom. The predicted octanol–water partition coefficient (Wildman–Crippen LogP) is 4.35. The second-order valence-corrected chi connectivity index (χ2v) is 6.87. The van der Waals surface area contributed by atoms with Gasteiger partial charge in [0.2, 0.25) is 5.88 Å². The fourth-order valence-electron chi connectivity index (χ4n) is 3.18. The van der Waals surface area contributed by atoms with Gasteiger partial charge in [-0.25, -0.2) is 4.79 Å². The molecule has 2 aromatic carbocycles. The molecule has 0 spiro atoms. The number of aromatic nitrogens is 2. The number of ether oxygens (including phenoxy) is 1. The van der Waals surface area contributed by atoms with Crippen LogP contribution >= 0.6 is 11.6 Å². The Labute approximate surface area is 156 Å². The number of nitrogens with zero attached hydrogens (tertiary/aromatic N) is 3. The first-order valence-electron chi connectivity index (χ1n) is 8.40. The highest BCUT2D eigenvalue weighted by molar-refractivity contribution is 6.30. The lowest BCUT2D eigenvalue weighted by molar-refractivity contribution is 0.169. The van der Waals surface area contributed by atoms with Crippen LogP contribution < -0.4 is 4.74 Å². The van der Waals surface area contributed by atoms with Crippen molar-refractivity contribution in [1.29, 1.82) is 0 Å². The van der Waals surface area contributed by atoms with Crippen LogP contribution in [0.5, 0.6) is 5.88 Å². The van der Waals surface area contributed by atoms with Gasteiger partial charge in [-0.3, -0.25) is 0 Å². The van der Waals surface area contributed by atoms with Crippen LogP contribution in [-0.4, -0.2) is 34.9 Å². The highest BCUT2D eigenvalue weighted by atomic mass is 35.5. The molecule has 5 nitrogen and oxygen atoms in total. The van der Waals surface area contributed by atoms with Gasteiger partial charge in [0.25, 0.3) is 0 Å². The number of rotatable bonds is 2. The summed E-state index contributed by atoms with van der Waals surface area (Å²) in [6, 6.07) is 15.5. The molecule has 0 radical (unpaired) electrons. The number of halogens is 1. The summed E-state index contributed by atoms with van der Waals surface area (Å²) < 4.78 is 7.41. The third kappa shape index (κ3) is 2.84. The van der Waals surface area contributed by atoms with Gasteiger partial charge < -0.3 is 9.64 Å². The quantitative estimate of drug-likeness (QED) is 0.676. The van der Waals surface area contributed by atoms with E-state index in [-0.39, 0.29) is 0 Å². The number of amides is 1. The molecule has 0 fully saturated rings. The fourth-order valence-corrected chi connectivity index (χ4v) is 3.36. The molecule has 1 aliphatic carbocycles. The van der Waals surface area contributed by atoms with Crippen molar-refractivity contribution in [2.24, 2.45) is 0 Å². The molecule has 1 heterocycles. The average Bonchev–Trinajstić information content (AvgIpc) is 3.00. The molecule has 1 aliphatic rings. The van der Waals surface area contributed by atoms with Crippen LogP contribution in [0.1, 0.15) is 11.3 Å². The summed E-state index contributed by atoms with van der Waals surface area (Å²) in [5.74, 6) is 0.424. The van der Waals surface area contributed by atoms with Gasteiger partial charge in [-0.05, 0) is 42.2 Å². The number of carbonyl (C=O) groups is 1. The zero-order chi connectivity index (χ0) is 18.3. The second-order valence-electron chi connectivity index (χ2n) is 6.44. The smallest absolute Gasteiger partial charge is 0.390 e. The van der Waals surface area contributed by atoms with Gasteiger partial charge in [0.05, 0.1) is 16.9 Å². The lowest BCUT2D eigenvalue weighted by Gasteiger charge is -2.17. The third-order valence-corrected chi connectivity index (χ3v) is 4.67. The van der Waals surface area contributed by atoms with Crippen molar-refractivity contribution >= 4 is 17.7 Å². The van der Waals surface area contributed by atoms with Crippen molar-refractivity contribution in [2.45, 2.75) is 12.8 Å². The highest BCUT2D eigenvalue weighted by Crippen LogP contribution is 2.41. The molecule has 0 saturated carbocycles. The Morgan fingerprint density at radius 2 is 1.96 bits per heavy atom. The Balaban J connectivity index is 1.94. The minimum absolute atomic E-state index is 0.424.